The number of carbonyl (C=O) groups is 1. The molecule has 0 saturated carbocycles. The summed E-state index contributed by atoms with van der Waals surface area (Å²) in [6, 6.07) is 4.31. The Morgan fingerprint density at radius 2 is 2.08 bits per heavy atom. The van der Waals surface area contributed by atoms with E-state index in [1.165, 1.54) is 17.5 Å². The Balaban J connectivity index is 1.88. The smallest absolute Gasteiger partial charge is 0.270 e. The van der Waals surface area contributed by atoms with Crippen LogP contribution in [0.3, 0.4) is 0 Å². The van der Waals surface area contributed by atoms with Gasteiger partial charge in [-0.25, -0.2) is 0 Å². The number of nitrogens with zero attached hydrogens (tertiary/aromatic N) is 1. The fraction of sp³-hybridized carbons (Fsp3) is 0.550. The summed E-state index contributed by atoms with van der Waals surface area (Å²) < 4.78 is 5.82. The Kier molecular flexibility index (Phi) is 4.95. The standard InChI is InChI=1S/C20H28N2O2/c1-5-22(12-16-8-6-7-9-24-16)20(23)19-15(4)17-11-13(2)10-14(3)18(17)21-19/h10-11,16,21H,5-9,12H2,1-4H3/t16-/m1/s1. The Morgan fingerprint density at radius 1 is 1.29 bits per heavy atom. The van der Waals surface area contributed by atoms with E-state index in [0.29, 0.717) is 13.1 Å². The molecule has 0 bridgehead atoms. The molecule has 0 aliphatic carbocycles. The largest absolute Gasteiger partial charge is 0.376 e. The zero-order valence-electron chi connectivity index (χ0n) is 15.2. The van der Waals surface area contributed by atoms with Gasteiger partial charge in [0.25, 0.3) is 5.91 Å². The van der Waals surface area contributed by atoms with Crippen LogP contribution in [-0.4, -0.2) is 41.6 Å². The van der Waals surface area contributed by atoms with Crippen LogP contribution in [-0.2, 0) is 4.74 Å². The van der Waals surface area contributed by atoms with Crippen LogP contribution in [0.25, 0.3) is 10.9 Å². The summed E-state index contributed by atoms with van der Waals surface area (Å²) in [7, 11) is 0. The first-order valence-electron chi connectivity index (χ1n) is 9.01. The Hall–Kier alpha value is -1.81. The number of rotatable bonds is 4. The van der Waals surface area contributed by atoms with Gasteiger partial charge in [-0.1, -0.05) is 11.6 Å². The van der Waals surface area contributed by atoms with Gasteiger partial charge in [0, 0.05) is 30.6 Å². The normalized spacial score (nSPS) is 18.1. The van der Waals surface area contributed by atoms with Crippen molar-refractivity contribution in [2.24, 2.45) is 0 Å². The van der Waals surface area contributed by atoms with Gasteiger partial charge in [0.2, 0.25) is 0 Å². The van der Waals surface area contributed by atoms with E-state index >= 15 is 0 Å². The highest BCUT2D eigenvalue weighted by atomic mass is 16.5. The van der Waals surface area contributed by atoms with E-state index in [2.05, 4.69) is 31.0 Å². The van der Waals surface area contributed by atoms with Crippen molar-refractivity contribution in [2.45, 2.75) is 53.1 Å². The predicted octanol–water partition coefficient (Wildman–Crippen LogP) is 4.12. The minimum atomic E-state index is 0.0810. The van der Waals surface area contributed by atoms with Gasteiger partial charge in [-0.3, -0.25) is 4.79 Å². The average molecular weight is 328 g/mol. The van der Waals surface area contributed by atoms with Crippen LogP contribution in [0.4, 0.5) is 0 Å². The molecule has 2 aromatic rings. The zero-order valence-corrected chi connectivity index (χ0v) is 15.2. The van der Waals surface area contributed by atoms with Gasteiger partial charge in [0.15, 0.2) is 0 Å². The lowest BCUT2D eigenvalue weighted by molar-refractivity contribution is -0.00322. The Morgan fingerprint density at radius 3 is 2.75 bits per heavy atom. The molecule has 4 nitrogen and oxygen atoms in total. The Bertz CT molecular complexity index is 742. The second kappa shape index (κ2) is 6.98. The highest BCUT2D eigenvalue weighted by molar-refractivity contribution is 6.01. The van der Waals surface area contributed by atoms with Gasteiger partial charge in [0.1, 0.15) is 5.69 Å². The first kappa shape index (κ1) is 17.0. The maximum absolute atomic E-state index is 13.1. The number of nitrogens with one attached hydrogen (secondary N) is 1. The van der Waals surface area contributed by atoms with Crippen LogP contribution >= 0.6 is 0 Å². The summed E-state index contributed by atoms with van der Waals surface area (Å²) in [5.74, 6) is 0.0810. The molecule has 1 amide bonds. The second-order valence-electron chi connectivity index (χ2n) is 6.96. The third-order valence-electron chi connectivity index (χ3n) is 5.09. The number of aryl methyl sites for hydroxylation is 3. The number of fused-ring (bicyclic) bond motifs is 1. The number of carbonyl (C=O) groups excluding carboxylic acids is 1. The molecule has 1 saturated heterocycles. The van der Waals surface area contributed by atoms with E-state index in [1.54, 1.807) is 0 Å². The van der Waals surface area contributed by atoms with Gasteiger partial charge < -0.3 is 14.6 Å². The number of likely N-dealkylation sites (N-methyl/N-ethyl adjacent to an activating group) is 1. The molecule has 0 radical (unpaired) electrons. The van der Waals surface area contributed by atoms with Crippen molar-refractivity contribution in [1.29, 1.82) is 0 Å². The van der Waals surface area contributed by atoms with Gasteiger partial charge >= 0.3 is 0 Å². The molecule has 24 heavy (non-hydrogen) atoms. The van der Waals surface area contributed by atoms with Gasteiger partial charge in [0.05, 0.1) is 6.10 Å². The maximum atomic E-state index is 13.1. The molecule has 1 aliphatic rings. The van der Waals surface area contributed by atoms with E-state index in [0.717, 1.165) is 41.6 Å². The molecule has 1 aromatic heterocycles. The van der Waals surface area contributed by atoms with Crippen LogP contribution in [0.1, 0.15) is 53.4 Å². The summed E-state index contributed by atoms with van der Waals surface area (Å²) >= 11 is 0. The van der Waals surface area contributed by atoms with Crippen LogP contribution in [0.2, 0.25) is 0 Å². The van der Waals surface area contributed by atoms with Crippen molar-refractivity contribution in [1.82, 2.24) is 9.88 Å². The molecule has 2 heterocycles. The van der Waals surface area contributed by atoms with Crippen molar-refractivity contribution < 1.29 is 9.53 Å². The monoisotopic (exact) mass is 328 g/mol. The van der Waals surface area contributed by atoms with Crippen molar-refractivity contribution >= 4 is 16.8 Å². The fourth-order valence-electron chi connectivity index (χ4n) is 3.71. The number of hydrogen-bond donors (Lipinski definition) is 1. The average Bonchev–Trinajstić information content (AvgIpc) is 2.90. The predicted molar refractivity (Wildman–Crippen MR) is 97.7 cm³/mol. The summed E-state index contributed by atoms with van der Waals surface area (Å²) in [5.41, 5.74) is 5.25. The maximum Gasteiger partial charge on any atom is 0.270 e. The van der Waals surface area contributed by atoms with Crippen molar-refractivity contribution in [3.63, 3.8) is 0 Å². The molecule has 1 atom stereocenters. The topological polar surface area (TPSA) is 45.3 Å². The number of hydrogen-bond acceptors (Lipinski definition) is 2. The SMILES string of the molecule is CCN(C[C@H]1CCCCO1)C(=O)c1[nH]c2c(C)cc(C)cc2c1C. The number of ether oxygens (including phenoxy) is 1. The molecule has 0 spiro atoms. The van der Waals surface area contributed by atoms with Crippen LogP contribution in [0, 0.1) is 20.8 Å². The van der Waals surface area contributed by atoms with Gasteiger partial charge in [-0.15, -0.1) is 0 Å². The third kappa shape index (κ3) is 3.20. The molecular weight excluding hydrogens is 300 g/mol. The minimum Gasteiger partial charge on any atom is -0.376 e. The summed E-state index contributed by atoms with van der Waals surface area (Å²) in [6.07, 6.45) is 3.56. The van der Waals surface area contributed by atoms with E-state index in [1.807, 2.05) is 18.7 Å². The van der Waals surface area contributed by atoms with Crippen LogP contribution in [0.15, 0.2) is 12.1 Å². The molecular formula is C20H28N2O2. The van der Waals surface area contributed by atoms with Crippen LogP contribution in [0.5, 0.6) is 0 Å². The highest BCUT2D eigenvalue weighted by Crippen LogP contribution is 2.27. The quantitative estimate of drug-likeness (QED) is 0.917. The number of aromatic nitrogens is 1. The molecule has 3 rings (SSSR count). The number of aromatic amines is 1. The van der Waals surface area contributed by atoms with Crippen molar-refractivity contribution in [3.8, 4) is 0 Å². The fourth-order valence-corrected chi connectivity index (χ4v) is 3.71. The third-order valence-corrected chi connectivity index (χ3v) is 5.09. The van der Waals surface area contributed by atoms with E-state index in [9.17, 15) is 4.79 Å². The summed E-state index contributed by atoms with van der Waals surface area (Å²) in [5, 5.41) is 1.15. The first-order valence-corrected chi connectivity index (χ1v) is 9.01. The molecule has 1 fully saturated rings. The summed E-state index contributed by atoms with van der Waals surface area (Å²) in [4.78, 5) is 18.4. The Labute approximate surface area is 144 Å². The molecule has 1 N–H and O–H groups in total. The minimum absolute atomic E-state index is 0.0810. The second-order valence-corrected chi connectivity index (χ2v) is 6.96. The molecule has 0 unspecified atom stereocenters. The van der Waals surface area contributed by atoms with E-state index in [4.69, 9.17) is 4.74 Å². The van der Waals surface area contributed by atoms with Crippen molar-refractivity contribution in [3.05, 3.63) is 34.5 Å². The van der Waals surface area contributed by atoms with Gasteiger partial charge in [-0.05, 0) is 64.2 Å². The first-order chi connectivity index (χ1) is 11.5. The molecule has 1 aromatic carbocycles. The van der Waals surface area contributed by atoms with Gasteiger partial charge in [-0.2, -0.15) is 0 Å². The number of benzene rings is 1. The molecule has 1 aliphatic heterocycles. The molecule has 4 heteroatoms. The summed E-state index contributed by atoms with van der Waals surface area (Å²) in [6.45, 7) is 10.5. The van der Waals surface area contributed by atoms with E-state index in [-0.39, 0.29) is 12.0 Å². The lowest BCUT2D eigenvalue weighted by Crippen LogP contribution is -2.40. The number of H-pyrrole nitrogens is 1. The lowest BCUT2D eigenvalue weighted by atomic mass is 10.1. The highest BCUT2D eigenvalue weighted by Gasteiger charge is 2.24. The molecule has 130 valence electrons. The van der Waals surface area contributed by atoms with E-state index < -0.39 is 0 Å². The zero-order chi connectivity index (χ0) is 17.3. The number of amides is 1. The van der Waals surface area contributed by atoms with Crippen molar-refractivity contribution in [2.75, 3.05) is 19.7 Å². The van der Waals surface area contributed by atoms with Crippen LogP contribution < -0.4 is 0 Å². The lowest BCUT2D eigenvalue weighted by Gasteiger charge is -2.29.